The summed E-state index contributed by atoms with van der Waals surface area (Å²) in [7, 11) is -3.25. The molecule has 30 heavy (non-hydrogen) atoms. The third-order valence-electron chi connectivity index (χ3n) is 6.24. The maximum atomic E-state index is 13.3. The number of hydrogen-bond acceptors (Lipinski definition) is 5. The van der Waals surface area contributed by atoms with Crippen LogP contribution in [0.2, 0.25) is 0 Å². The molecule has 1 atom stereocenters. The van der Waals surface area contributed by atoms with Crippen LogP contribution in [0, 0.1) is 17.2 Å². The van der Waals surface area contributed by atoms with Gasteiger partial charge in [0.1, 0.15) is 0 Å². The molecule has 8 heteroatoms. The van der Waals surface area contributed by atoms with Gasteiger partial charge in [-0.1, -0.05) is 39.3 Å². The van der Waals surface area contributed by atoms with Crippen LogP contribution in [0.5, 0.6) is 0 Å². The highest BCUT2D eigenvalue weighted by Gasteiger charge is 2.52. The molecular formula is C22H32N4O3S. The molecule has 0 saturated carbocycles. The van der Waals surface area contributed by atoms with E-state index in [9.17, 15) is 18.5 Å². The largest absolute Gasteiger partial charge is 0.319 e. The summed E-state index contributed by atoms with van der Waals surface area (Å²) in [5.74, 6) is 0.369. The van der Waals surface area contributed by atoms with Crippen molar-refractivity contribution in [2.45, 2.75) is 64.7 Å². The van der Waals surface area contributed by atoms with Crippen molar-refractivity contribution in [3.8, 4) is 6.07 Å². The SMILES string of the molecule is CCCCS(=O)(=O)N1CCC2(CC1)NC(C(C)C)C(=O)N2Cc1cccc(C#N)c1. The Hall–Kier alpha value is -1.95. The molecule has 2 fully saturated rings. The molecule has 164 valence electrons. The average molecular weight is 433 g/mol. The smallest absolute Gasteiger partial charge is 0.241 e. The Labute approximate surface area is 180 Å². The number of rotatable bonds is 7. The summed E-state index contributed by atoms with van der Waals surface area (Å²) >= 11 is 0. The topological polar surface area (TPSA) is 93.5 Å². The molecule has 1 spiro atoms. The summed E-state index contributed by atoms with van der Waals surface area (Å²) in [6.07, 6.45) is 2.63. The number of unbranched alkanes of at least 4 members (excludes halogenated alkanes) is 1. The first-order valence-electron chi connectivity index (χ1n) is 10.8. The van der Waals surface area contributed by atoms with Gasteiger partial charge in [0.25, 0.3) is 0 Å². The van der Waals surface area contributed by atoms with Gasteiger partial charge in [0.15, 0.2) is 0 Å². The Morgan fingerprint density at radius 2 is 2.00 bits per heavy atom. The van der Waals surface area contributed by atoms with Crippen LogP contribution in [-0.4, -0.2) is 54.1 Å². The molecule has 2 aliphatic heterocycles. The molecule has 3 rings (SSSR count). The Bertz CT molecular complexity index is 915. The third-order valence-corrected chi connectivity index (χ3v) is 8.19. The van der Waals surface area contributed by atoms with E-state index >= 15 is 0 Å². The van der Waals surface area contributed by atoms with Crippen molar-refractivity contribution >= 4 is 15.9 Å². The first-order valence-corrected chi connectivity index (χ1v) is 12.4. The van der Waals surface area contributed by atoms with E-state index in [0.29, 0.717) is 44.5 Å². The second kappa shape index (κ2) is 9.04. The van der Waals surface area contributed by atoms with E-state index in [1.807, 2.05) is 43.9 Å². The highest BCUT2D eigenvalue weighted by Crippen LogP contribution is 2.36. The van der Waals surface area contributed by atoms with Crippen molar-refractivity contribution < 1.29 is 13.2 Å². The fourth-order valence-electron chi connectivity index (χ4n) is 4.42. The molecule has 1 unspecified atom stereocenters. The molecule has 1 aromatic rings. The van der Waals surface area contributed by atoms with Crippen LogP contribution in [0.4, 0.5) is 0 Å². The molecule has 7 nitrogen and oxygen atoms in total. The normalized spacial score (nSPS) is 22.0. The van der Waals surface area contributed by atoms with Gasteiger partial charge in [-0.2, -0.15) is 5.26 Å². The minimum atomic E-state index is -3.25. The van der Waals surface area contributed by atoms with Crippen LogP contribution < -0.4 is 5.32 Å². The monoisotopic (exact) mass is 432 g/mol. The number of piperidine rings is 1. The van der Waals surface area contributed by atoms with Crippen LogP contribution in [0.25, 0.3) is 0 Å². The Balaban J connectivity index is 1.82. The molecule has 0 radical (unpaired) electrons. The van der Waals surface area contributed by atoms with E-state index in [1.165, 1.54) is 0 Å². The number of nitrogens with one attached hydrogen (secondary N) is 1. The van der Waals surface area contributed by atoms with Crippen molar-refractivity contribution in [3.05, 3.63) is 35.4 Å². The van der Waals surface area contributed by atoms with Gasteiger partial charge in [-0.15, -0.1) is 0 Å². The second-order valence-electron chi connectivity index (χ2n) is 8.70. The van der Waals surface area contributed by atoms with Gasteiger partial charge in [-0.3, -0.25) is 10.1 Å². The van der Waals surface area contributed by atoms with Crippen LogP contribution in [-0.2, 0) is 21.4 Å². The second-order valence-corrected chi connectivity index (χ2v) is 10.8. The lowest BCUT2D eigenvalue weighted by atomic mass is 9.96. The Morgan fingerprint density at radius 3 is 2.60 bits per heavy atom. The van der Waals surface area contributed by atoms with Gasteiger partial charge in [0.2, 0.25) is 15.9 Å². The number of hydrogen-bond donors (Lipinski definition) is 1. The van der Waals surface area contributed by atoms with Crippen molar-refractivity contribution in [1.29, 1.82) is 5.26 Å². The molecule has 1 N–H and O–H groups in total. The van der Waals surface area contributed by atoms with E-state index in [1.54, 1.807) is 10.4 Å². The predicted molar refractivity (Wildman–Crippen MR) is 116 cm³/mol. The summed E-state index contributed by atoms with van der Waals surface area (Å²) in [5, 5.41) is 12.8. The van der Waals surface area contributed by atoms with E-state index in [2.05, 4.69) is 11.4 Å². The molecule has 2 heterocycles. The third kappa shape index (κ3) is 4.53. The average Bonchev–Trinajstić information content (AvgIpc) is 2.99. The molecule has 1 amide bonds. The van der Waals surface area contributed by atoms with Gasteiger partial charge in [0, 0.05) is 19.6 Å². The number of nitriles is 1. The first-order chi connectivity index (χ1) is 14.2. The zero-order valence-electron chi connectivity index (χ0n) is 18.1. The van der Waals surface area contributed by atoms with Gasteiger partial charge in [-0.25, -0.2) is 12.7 Å². The van der Waals surface area contributed by atoms with Crippen molar-refractivity contribution in [1.82, 2.24) is 14.5 Å². The standard InChI is InChI=1S/C22H32N4O3S/c1-4-5-13-30(28,29)25-11-9-22(10-12-25)24-20(17(2)3)21(27)26(22)16-19-8-6-7-18(14-19)15-23/h6-8,14,17,20,24H,4-5,9-13,16H2,1-3H3. The number of sulfonamides is 1. The molecule has 2 saturated heterocycles. The Kier molecular flexibility index (Phi) is 6.85. The van der Waals surface area contributed by atoms with Gasteiger partial charge < -0.3 is 4.90 Å². The molecule has 0 bridgehead atoms. The highest BCUT2D eigenvalue weighted by atomic mass is 32.2. The lowest BCUT2D eigenvalue weighted by Crippen LogP contribution is -2.59. The van der Waals surface area contributed by atoms with E-state index in [-0.39, 0.29) is 23.6 Å². The Morgan fingerprint density at radius 1 is 1.30 bits per heavy atom. The van der Waals surface area contributed by atoms with Gasteiger partial charge in [0.05, 0.1) is 29.1 Å². The predicted octanol–water partition coefficient (Wildman–Crippen LogP) is 2.44. The number of nitrogens with zero attached hydrogens (tertiary/aromatic N) is 3. The van der Waals surface area contributed by atoms with Crippen molar-refractivity contribution in [2.24, 2.45) is 5.92 Å². The lowest BCUT2D eigenvalue weighted by molar-refractivity contribution is -0.134. The summed E-state index contributed by atoms with van der Waals surface area (Å²) in [4.78, 5) is 15.1. The van der Waals surface area contributed by atoms with Crippen LogP contribution in [0.3, 0.4) is 0 Å². The van der Waals surface area contributed by atoms with Crippen LogP contribution in [0.1, 0.15) is 57.6 Å². The molecule has 1 aromatic carbocycles. The summed E-state index contributed by atoms with van der Waals surface area (Å²) < 4.78 is 26.8. The summed E-state index contributed by atoms with van der Waals surface area (Å²) in [6, 6.07) is 9.18. The van der Waals surface area contributed by atoms with Crippen LogP contribution in [0.15, 0.2) is 24.3 Å². The fraction of sp³-hybridized carbons (Fsp3) is 0.636. The van der Waals surface area contributed by atoms with Crippen molar-refractivity contribution in [3.63, 3.8) is 0 Å². The minimum Gasteiger partial charge on any atom is -0.319 e. The molecule has 2 aliphatic rings. The van der Waals surface area contributed by atoms with E-state index in [0.717, 1.165) is 12.0 Å². The first kappa shape index (κ1) is 22.7. The number of carbonyl (C=O) groups is 1. The highest BCUT2D eigenvalue weighted by molar-refractivity contribution is 7.89. The zero-order chi connectivity index (χ0) is 21.9. The van der Waals surface area contributed by atoms with Gasteiger partial charge in [-0.05, 0) is 42.9 Å². The molecule has 0 aromatic heterocycles. The molecular weight excluding hydrogens is 400 g/mol. The van der Waals surface area contributed by atoms with E-state index < -0.39 is 15.7 Å². The number of carbonyl (C=O) groups excluding carboxylic acids is 1. The van der Waals surface area contributed by atoms with Crippen LogP contribution >= 0.6 is 0 Å². The maximum Gasteiger partial charge on any atom is 0.241 e. The van der Waals surface area contributed by atoms with E-state index in [4.69, 9.17) is 0 Å². The molecule has 0 aliphatic carbocycles. The van der Waals surface area contributed by atoms with Crippen molar-refractivity contribution in [2.75, 3.05) is 18.8 Å². The minimum absolute atomic E-state index is 0.0506. The number of benzene rings is 1. The quantitative estimate of drug-likeness (QED) is 0.714. The maximum absolute atomic E-state index is 13.3. The summed E-state index contributed by atoms with van der Waals surface area (Å²) in [5.41, 5.74) is 0.926. The lowest BCUT2D eigenvalue weighted by Gasteiger charge is -2.44. The number of amides is 1. The van der Waals surface area contributed by atoms with Gasteiger partial charge >= 0.3 is 0 Å². The zero-order valence-corrected chi connectivity index (χ0v) is 18.9. The summed E-state index contributed by atoms with van der Waals surface area (Å²) in [6.45, 7) is 7.26. The fourth-order valence-corrected chi connectivity index (χ4v) is 6.07.